The molecule has 0 bridgehead atoms. The summed E-state index contributed by atoms with van der Waals surface area (Å²) >= 11 is 1.39. The minimum atomic E-state index is -0.370. The molecule has 4 N–H and O–H groups in total. The van der Waals surface area contributed by atoms with Gasteiger partial charge < -0.3 is 14.8 Å². The number of hydroxylamine groups is 1. The Labute approximate surface area is 213 Å². The fourth-order valence-electron chi connectivity index (χ4n) is 3.77. The number of aliphatic imine (C=N–C) groups is 1. The van der Waals surface area contributed by atoms with Crippen molar-refractivity contribution in [2.24, 2.45) is 4.99 Å². The number of pyridine rings is 1. The number of rotatable bonds is 10. The molecule has 1 aromatic carbocycles. The normalized spacial score (nSPS) is 14.6. The first kappa shape index (κ1) is 25.8. The number of hydrogen-bond acceptors (Lipinski definition) is 9. The molecule has 0 saturated carbocycles. The predicted octanol–water partition coefficient (Wildman–Crippen LogP) is 2.98. The molecule has 0 aliphatic carbocycles. The van der Waals surface area contributed by atoms with Crippen molar-refractivity contribution in [3.8, 4) is 16.9 Å². The molecular formula is C24H31N7O4S. The van der Waals surface area contributed by atoms with Crippen LogP contribution in [0.2, 0.25) is 0 Å². The third-order valence-electron chi connectivity index (χ3n) is 5.69. The van der Waals surface area contributed by atoms with E-state index >= 15 is 0 Å². The van der Waals surface area contributed by atoms with Crippen LogP contribution >= 0.6 is 11.3 Å². The zero-order chi connectivity index (χ0) is 25.2. The van der Waals surface area contributed by atoms with Gasteiger partial charge in [0.1, 0.15) is 11.6 Å². The number of amides is 2. The van der Waals surface area contributed by atoms with E-state index in [0.717, 1.165) is 66.4 Å². The topological polar surface area (TPSA) is 133 Å². The standard InChI is InChI=1S/C24H31N7O4S/c1-25-22(30-33)5-6-27-23(32)29-24-28-20-4-3-17(14-21(20)36-24)18-13-19(16-26-15-18)35-10-2-7-31-8-11-34-12-9-31/h3-4,13-16,33H,2,5-12H2,1H3,(H,25,30)(H2,27,28,29,32). The summed E-state index contributed by atoms with van der Waals surface area (Å²) in [4.78, 5) is 27.2. The van der Waals surface area contributed by atoms with E-state index in [2.05, 4.69) is 30.5 Å². The molecule has 0 unspecified atom stereocenters. The van der Waals surface area contributed by atoms with Gasteiger partial charge in [0, 0.05) is 51.4 Å². The Kier molecular flexibility index (Phi) is 9.39. The molecule has 4 rings (SSSR count). The second kappa shape index (κ2) is 13.1. The molecule has 2 aromatic heterocycles. The van der Waals surface area contributed by atoms with Gasteiger partial charge in [0.25, 0.3) is 0 Å². The Bertz CT molecular complexity index is 1180. The van der Waals surface area contributed by atoms with Crippen molar-refractivity contribution in [3.05, 3.63) is 36.7 Å². The van der Waals surface area contributed by atoms with Crippen molar-refractivity contribution in [1.82, 2.24) is 25.7 Å². The lowest BCUT2D eigenvalue weighted by Gasteiger charge is -2.26. The zero-order valence-corrected chi connectivity index (χ0v) is 21.0. The summed E-state index contributed by atoms with van der Waals surface area (Å²) in [5.41, 5.74) is 4.74. The lowest BCUT2D eigenvalue weighted by molar-refractivity contribution is 0.0358. The fraction of sp³-hybridized carbons (Fsp3) is 0.417. The maximum Gasteiger partial charge on any atom is 0.321 e. The van der Waals surface area contributed by atoms with Gasteiger partial charge in [-0.2, -0.15) is 0 Å². The van der Waals surface area contributed by atoms with E-state index in [1.165, 1.54) is 11.3 Å². The van der Waals surface area contributed by atoms with Crippen molar-refractivity contribution in [3.63, 3.8) is 0 Å². The van der Waals surface area contributed by atoms with Crippen LogP contribution in [-0.2, 0) is 4.74 Å². The van der Waals surface area contributed by atoms with E-state index in [1.54, 1.807) is 13.2 Å². The SMILES string of the molecule is CN=C(CCNC(=O)Nc1nc2ccc(-c3cncc(OCCCN4CCOCC4)c3)cc2s1)NO. The van der Waals surface area contributed by atoms with Gasteiger partial charge in [-0.25, -0.2) is 9.78 Å². The number of nitrogens with zero attached hydrogens (tertiary/aromatic N) is 4. The van der Waals surface area contributed by atoms with Gasteiger partial charge in [0.2, 0.25) is 0 Å². The van der Waals surface area contributed by atoms with Crippen LogP contribution in [0.4, 0.5) is 9.93 Å². The second-order valence-electron chi connectivity index (χ2n) is 8.18. The quantitative estimate of drug-likeness (QED) is 0.141. The summed E-state index contributed by atoms with van der Waals surface area (Å²) in [6.07, 6.45) is 4.88. The van der Waals surface area contributed by atoms with E-state index in [-0.39, 0.29) is 6.03 Å². The summed E-state index contributed by atoms with van der Waals surface area (Å²) in [6.45, 7) is 5.53. The molecule has 0 radical (unpaired) electrons. The molecule has 192 valence electrons. The smallest absolute Gasteiger partial charge is 0.321 e. The molecule has 0 spiro atoms. The number of aromatic nitrogens is 2. The highest BCUT2D eigenvalue weighted by Gasteiger charge is 2.11. The average Bonchev–Trinajstić information content (AvgIpc) is 3.31. The van der Waals surface area contributed by atoms with Gasteiger partial charge >= 0.3 is 6.03 Å². The number of benzene rings is 1. The molecule has 3 heterocycles. The first-order chi connectivity index (χ1) is 17.6. The van der Waals surface area contributed by atoms with E-state index in [1.807, 2.05) is 35.9 Å². The van der Waals surface area contributed by atoms with Crippen molar-refractivity contribution in [2.75, 3.05) is 58.4 Å². The molecule has 36 heavy (non-hydrogen) atoms. The molecular weight excluding hydrogens is 482 g/mol. The Morgan fingerprint density at radius 3 is 2.92 bits per heavy atom. The zero-order valence-electron chi connectivity index (χ0n) is 20.2. The molecule has 0 atom stereocenters. The number of carbonyl (C=O) groups excluding carboxylic acids is 1. The van der Waals surface area contributed by atoms with Crippen LogP contribution in [0.15, 0.2) is 41.7 Å². The van der Waals surface area contributed by atoms with Gasteiger partial charge in [-0.15, -0.1) is 0 Å². The molecule has 11 nitrogen and oxygen atoms in total. The third-order valence-corrected chi connectivity index (χ3v) is 6.63. The van der Waals surface area contributed by atoms with Crippen LogP contribution in [0.25, 0.3) is 21.3 Å². The van der Waals surface area contributed by atoms with E-state index in [4.69, 9.17) is 14.7 Å². The summed E-state index contributed by atoms with van der Waals surface area (Å²) in [5.74, 6) is 1.13. The lowest BCUT2D eigenvalue weighted by atomic mass is 10.1. The second-order valence-corrected chi connectivity index (χ2v) is 9.21. The van der Waals surface area contributed by atoms with Gasteiger partial charge in [-0.3, -0.25) is 30.9 Å². The summed E-state index contributed by atoms with van der Waals surface area (Å²) in [5, 5.41) is 14.9. The van der Waals surface area contributed by atoms with Gasteiger partial charge in [0.05, 0.1) is 36.2 Å². The molecule has 1 saturated heterocycles. The molecule has 1 aliphatic rings. The Morgan fingerprint density at radius 2 is 2.11 bits per heavy atom. The van der Waals surface area contributed by atoms with Crippen LogP contribution in [-0.4, -0.2) is 85.0 Å². The van der Waals surface area contributed by atoms with E-state index < -0.39 is 0 Å². The maximum absolute atomic E-state index is 12.2. The Hall–Kier alpha value is -3.32. The van der Waals surface area contributed by atoms with E-state index in [9.17, 15) is 4.79 Å². The van der Waals surface area contributed by atoms with Crippen LogP contribution in [0.5, 0.6) is 5.75 Å². The molecule has 3 aromatic rings. The van der Waals surface area contributed by atoms with Crippen molar-refractivity contribution in [2.45, 2.75) is 12.8 Å². The predicted molar refractivity (Wildman–Crippen MR) is 140 cm³/mol. The maximum atomic E-state index is 12.2. The van der Waals surface area contributed by atoms with Gasteiger partial charge in [-0.1, -0.05) is 17.4 Å². The number of carbonyl (C=O) groups is 1. The number of urea groups is 1. The first-order valence-electron chi connectivity index (χ1n) is 11.8. The number of ether oxygens (including phenoxy) is 2. The Balaban J connectivity index is 1.31. The minimum absolute atomic E-state index is 0.319. The average molecular weight is 514 g/mol. The first-order valence-corrected chi connectivity index (χ1v) is 12.7. The molecule has 2 amide bonds. The lowest BCUT2D eigenvalue weighted by Crippen LogP contribution is -2.37. The third kappa shape index (κ3) is 7.34. The number of thiazole rings is 1. The molecule has 1 fully saturated rings. The van der Waals surface area contributed by atoms with Gasteiger partial charge in [-0.05, 0) is 30.2 Å². The number of hydrogen-bond donors (Lipinski definition) is 4. The molecule has 1 aliphatic heterocycles. The minimum Gasteiger partial charge on any atom is -0.492 e. The highest BCUT2D eigenvalue weighted by Crippen LogP contribution is 2.31. The summed E-state index contributed by atoms with van der Waals surface area (Å²) in [7, 11) is 1.56. The van der Waals surface area contributed by atoms with Crippen LogP contribution in [0.1, 0.15) is 12.8 Å². The summed E-state index contributed by atoms with van der Waals surface area (Å²) < 4.78 is 12.3. The monoisotopic (exact) mass is 513 g/mol. The number of nitrogens with one attached hydrogen (secondary N) is 3. The van der Waals surface area contributed by atoms with Crippen LogP contribution in [0.3, 0.4) is 0 Å². The number of morpholine rings is 1. The number of anilines is 1. The largest absolute Gasteiger partial charge is 0.492 e. The van der Waals surface area contributed by atoms with Gasteiger partial charge in [0.15, 0.2) is 5.13 Å². The van der Waals surface area contributed by atoms with E-state index in [0.29, 0.717) is 30.5 Å². The Morgan fingerprint density at radius 1 is 1.25 bits per heavy atom. The number of amidine groups is 1. The van der Waals surface area contributed by atoms with Crippen LogP contribution < -0.4 is 20.9 Å². The van der Waals surface area contributed by atoms with Crippen molar-refractivity contribution >= 4 is 38.6 Å². The highest BCUT2D eigenvalue weighted by molar-refractivity contribution is 7.22. The van der Waals surface area contributed by atoms with Crippen LogP contribution in [0, 0.1) is 0 Å². The fourth-order valence-corrected chi connectivity index (χ4v) is 4.67. The summed E-state index contributed by atoms with van der Waals surface area (Å²) in [6, 6.07) is 7.57. The number of fused-ring (bicyclic) bond motifs is 1. The van der Waals surface area contributed by atoms with Crippen molar-refractivity contribution < 1.29 is 19.5 Å². The van der Waals surface area contributed by atoms with Crippen molar-refractivity contribution in [1.29, 1.82) is 0 Å². The molecule has 12 heteroatoms. The highest BCUT2D eigenvalue weighted by atomic mass is 32.1.